The third-order valence-corrected chi connectivity index (χ3v) is 3.98. The van der Waals surface area contributed by atoms with Gasteiger partial charge in [-0.2, -0.15) is 0 Å². The highest BCUT2D eigenvalue weighted by Gasteiger charge is 2.14. The smallest absolute Gasteiger partial charge is 0.00161 e. The van der Waals surface area contributed by atoms with Crippen LogP contribution in [0.2, 0.25) is 0 Å². The van der Waals surface area contributed by atoms with Crippen LogP contribution in [0.25, 0.3) is 0 Å². The maximum atomic E-state index is 2.67. The Bertz CT molecular complexity index is 142. The summed E-state index contributed by atoms with van der Waals surface area (Å²) in [6.45, 7) is 8.75. The van der Waals surface area contributed by atoms with Crippen molar-refractivity contribution in [2.24, 2.45) is 5.92 Å². The fourth-order valence-corrected chi connectivity index (χ4v) is 2.79. The second-order valence-electron chi connectivity index (χ2n) is 5.49. The molecule has 1 fully saturated rings. The van der Waals surface area contributed by atoms with Crippen molar-refractivity contribution in [3.63, 3.8) is 0 Å². The van der Waals surface area contributed by atoms with E-state index in [4.69, 9.17) is 0 Å². The topological polar surface area (TPSA) is 3.24 Å². The van der Waals surface area contributed by atoms with Gasteiger partial charge in [-0.1, -0.05) is 52.4 Å². The first-order chi connectivity index (χ1) is 7.86. The maximum Gasteiger partial charge on any atom is -0.00161 e. The van der Waals surface area contributed by atoms with E-state index in [9.17, 15) is 0 Å². The molecule has 0 aromatic carbocycles. The summed E-state index contributed by atoms with van der Waals surface area (Å²) in [6.07, 6.45) is 12.9. The molecule has 0 spiro atoms. The Morgan fingerprint density at radius 1 is 0.875 bits per heavy atom. The first kappa shape index (κ1) is 14.0. The third-order valence-electron chi connectivity index (χ3n) is 3.98. The van der Waals surface area contributed by atoms with Gasteiger partial charge >= 0.3 is 0 Å². The van der Waals surface area contributed by atoms with E-state index in [0.29, 0.717) is 0 Å². The average molecular weight is 225 g/mol. The van der Waals surface area contributed by atoms with Crippen LogP contribution in [-0.2, 0) is 0 Å². The van der Waals surface area contributed by atoms with Crippen LogP contribution in [0.15, 0.2) is 0 Å². The minimum absolute atomic E-state index is 1.01. The average Bonchev–Trinajstić information content (AvgIpc) is 2.81. The number of hydrogen-bond donors (Lipinski definition) is 0. The van der Waals surface area contributed by atoms with Gasteiger partial charge in [0.15, 0.2) is 0 Å². The summed E-state index contributed by atoms with van der Waals surface area (Å²) in [6, 6.07) is 0. The van der Waals surface area contributed by atoms with Crippen molar-refractivity contribution in [3.05, 3.63) is 0 Å². The Hall–Kier alpha value is -0.0400. The molecule has 96 valence electrons. The molecule has 0 N–H and O–H groups in total. The summed E-state index contributed by atoms with van der Waals surface area (Å²) >= 11 is 0. The van der Waals surface area contributed by atoms with Crippen molar-refractivity contribution >= 4 is 0 Å². The van der Waals surface area contributed by atoms with Crippen LogP contribution in [0.1, 0.15) is 71.6 Å². The highest BCUT2D eigenvalue weighted by molar-refractivity contribution is 4.69. The van der Waals surface area contributed by atoms with Gasteiger partial charge in [0, 0.05) is 0 Å². The Kier molecular flexibility index (Phi) is 7.92. The molecule has 0 amide bonds. The molecule has 1 heterocycles. The fourth-order valence-electron chi connectivity index (χ4n) is 2.79. The Morgan fingerprint density at radius 3 is 1.94 bits per heavy atom. The molecular formula is C15H31N. The van der Waals surface area contributed by atoms with Crippen molar-refractivity contribution in [2.45, 2.75) is 71.6 Å². The normalized spacial score (nSPS) is 17.4. The monoisotopic (exact) mass is 225 g/mol. The largest absolute Gasteiger partial charge is 0.303 e. The predicted octanol–water partition coefficient (Wildman–Crippen LogP) is 4.47. The molecule has 1 heteroatoms. The Labute approximate surface area is 103 Å². The van der Waals surface area contributed by atoms with Crippen LogP contribution < -0.4 is 0 Å². The molecule has 1 aliphatic rings. The van der Waals surface area contributed by atoms with Crippen LogP contribution >= 0.6 is 0 Å². The molecule has 0 unspecified atom stereocenters. The zero-order chi connectivity index (χ0) is 11.6. The molecule has 1 rings (SSSR count). The van der Waals surface area contributed by atoms with E-state index < -0.39 is 0 Å². The maximum absolute atomic E-state index is 2.67. The second kappa shape index (κ2) is 9.04. The standard InChI is InChI=1S/C15H31N/c1-3-5-9-15(10-6-4-2)11-14-16-12-7-8-13-16/h15H,3-14H2,1-2H3. The molecule has 1 aliphatic heterocycles. The van der Waals surface area contributed by atoms with Crippen molar-refractivity contribution in [2.75, 3.05) is 19.6 Å². The van der Waals surface area contributed by atoms with Crippen LogP contribution in [0.3, 0.4) is 0 Å². The summed E-state index contributed by atoms with van der Waals surface area (Å²) in [4.78, 5) is 2.67. The quantitative estimate of drug-likeness (QED) is 0.559. The lowest BCUT2D eigenvalue weighted by molar-refractivity contribution is 0.283. The lowest BCUT2D eigenvalue weighted by atomic mass is 9.93. The van der Waals surface area contributed by atoms with Gasteiger partial charge in [0.1, 0.15) is 0 Å². The highest BCUT2D eigenvalue weighted by Crippen LogP contribution is 2.21. The summed E-state index contributed by atoms with van der Waals surface area (Å²) in [5.74, 6) is 1.01. The highest BCUT2D eigenvalue weighted by atomic mass is 15.1. The fraction of sp³-hybridized carbons (Fsp3) is 1.00. The van der Waals surface area contributed by atoms with Crippen LogP contribution in [-0.4, -0.2) is 24.5 Å². The van der Waals surface area contributed by atoms with Crippen molar-refractivity contribution in [1.29, 1.82) is 0 Å². The lowest BCUT2D eigenvalue weighted by Crippen LogP contribution is -2.22. The molecule has 1 saturated heterocycles. The number of nitrogens with zero attached hydrogens (tertiary/aromatic N) is 1. The van der Waals surface area contributed by atoms with E-state index in [-0.39, 0.29) is 0 Å². The number of rotatable bonds is 9. The van der Waals surface area contributed by atoms with Crippen molar-refractivity contribution < 1.29 is 0 Å². The summed E-state index contributed by atoms with van der Waals surface area (Å²) < 4.78 is 0. The molecule has 0 atom stereocenters. The molecule has 0 saturated carbocycles. The van der Waals surface area contributed by atoms with Gasteiger partial charge in [-0.05, 0) is 44.8 Å². The van der Waals surface area contributed by atoms with Gasteiger partial charge in [-0.25, -0.2) is 0 Å². The van der Waals surface area contributed by atoms with E-state index in [1.807, 2.05) is 0 Å². The first-order valence-electron chi connectivity index (χ1n) is 7.59. The summed E-state index contributed by atoms with van der Waals surface area (Å²) in [5.41, 5.74) is 0. The van der Waals surface area contributed by atoms with E-state index in [2.05, 4.69) is 18.7 Å². The zero-order valence-electron chi connectivity index (χ0n) is 11.5. The molecule has 16 heavy (non-hydrogen) atoms. The van der Waals surface area contributed by atoms with E-state index in [1.54, 1.807) is 0 Å². The third kappa shape index (κ3) is 5.89. The van der Waals surface area contributed by atoms with Crippen LogP contribution in [0.5, 0.6) is 0 Å². The van der Waals surface area contributed by atoms with Gasteiger partial charge in [-0.3, -0.25) is 0 Å². The Morgan fingerprint density at radius 2 is 1.44 bits per heavy atom. The van der Waals surface area contributed by atoms with Gasteiger partial charge < -0.3 is 4.90 Å². The molecule has 0 aromatic heterocycles. The minimum Gasteiger partial charge on any atom is -0.303 e. The molecule has 1 nitrogen and oxygen atoms in total. The van der Waals surface area contributed by atoms with Crippen molar-refractivity contribution in [1.82, 2.24) is 4.90 Å². The van der Waals surface area contributed by atoms with E-state index in [1.165, 1.54) is 77.4 Å². The second-order valence-corrected chi connectivity index (χ2v) is 5.49. The van der Waals surface area contributed by atoms with E-state index >= 15 is 0 Å². The number of hydrogen-bond acceptors (Lipinski definition) is 1. The van der Waals surface area contributed by atoms with Crippen molar-refractivity contribution in [3.8, 4) is 0 Å². The van der Waals surface area contributed by atoms with Crippen LogP contribution in [0, 0.1) is 5.92 Å². The predicted molar refractivity (Wildman–Crippen MR) is 72.8 cm³/mol. The summed E-state index contributed by atoms with van der Waals surface area (Å²) in [5, 5.41) is 0. The molecule has 0 radical (unpaired) electrons. The summed E-state index contributed by atoms with van der Waals surface area (Å²) in [7, 11) is 0. The molecule has 0 aliphatic carbocycles. The minimum atomic E-state index is 1.01. The van der Waals surface area contributed by atoms with E-state index in [0.717, 1.165) is 5.92 Å². The lowest BCUT2D eigenvalue weighted by Gasteiger charge is -2.20. The first-order valence-corrected chi connectivity index (χ1v) is 7.59. The van der Waals surface area contributed by atoms with Gasteiger partial charge in [0.05, 0.1) is 0 Å². The SMILES string of the molecule is CCCCC(CCCC)CCN1CCCC1. The van der Waals surface area contributed by atoms with Gasteiger partial charge in [-0.15, -0.1) is 0 Å². The number of likely N-dealkylation sites (tertiary alicyclic amines) is 1. The number of unbranched alkanes of at least 4 members (excludes halogenated alkanes) is 2. The molecule has 0 aromatic rings. The Balaban J connectivity index is 2.13. The molecular weight excluding hydrogens is 194 g/mol. The van der Waals surface area contributed by atoms with Gasteiger partial charge in [0.25, 0.3) is 0 Å². The van der Waals surface area contributed by atoms with Gasteiger partial charge in [0.2, 0.25) is 0 Å². The molecule has 0 bridgehead atoms. The van der Waals surface area contributed by atoms with Crippen LogP contribution in [0.4, 0.5) is 0 Å². The zero-order valence-corrected chi connectivity index (χ0v) is 11.5.